The fourth-order valence-electron chi connectivity index (χ4n) is 3.76. The van der Waals surface area contributed by atoms with E-state index in [1.165, 1.54) is 11.1 Å². The minimum Gasteiger partial charge on any atom is -0.374 e. The quantitative estimate of drug-likeness (QED) is 0.163. The Balaban J connectivity index is 0.000000642. The molecule has 0 aliphatic carbocycles. The van der Waals surface area contributed by atoms with Crippen LogP contribution in [0.1, 0.15) is 52.7 Å². The zero-order valence-corrected chi connectivity index (χ0v) is 25.6. The summed E-state index contributed by atoms with van der Waals surface area (Å²) in [6, 6.07) is 18.4. The summed E-state index contributed by atoms with van der Waals surface area (Å²) >= 11 is 0. The van der Waals surface area contributed by atoms with Gasteiger partial charge in [0.1, 0.15) is 0 Å². The van der Waals surface area contributed by atoms with Gasteiger partial charge >= 0.3 is 34.7 Å². The Hall–Kier alpha value is -0.587. The molecule has 35 heavy (non-hydrogen) atoms. The average molecular weight is 567 g/mol. The van der Waals surface area contributed by atoms with Crippen LogP contribution in [-0.4, -0.2) is 57.3 Å². The predicted molar refractivity (Wildman–Crippen MR) is 142 cm³/mol. The van der Waals surface area contributed by atoms with Crippen molar-refractivity contribution in [2.45, 2.75) is 66.5 Å². The van der Waals surface area contributed by atoms with E-state index in [1.54, 1.807) is 0 Å². The molecule has 9 heteroatoms. The zero-order chi connectivity index (χ0) is 25.1. The van der Waals surface area contributed by atoms with Gasteiger partial charge in [0, 0.05) is 51.7 Å². The second-order valence-electron chi connectivity index (χ2n) is 7.55. The summed E-state index contributed by atoms with van der Waals surface area (Å²) in [6.07, 6.45) is 1.92. The third kappa shape index (κ3) is 13.5. The van der Waals surface area contributed by atoms with E-state index < -0.39 is 17.6 Å². The van der Waals surface area contributed by atoms with Crippen molar-refractivity contribution < 1.29 is 43.6 Å². The molecule has 0 saturated carbocycles. The van der Waals surface area contributed by atoms with E-state index in [-0.39, 0.29) is 17.1 Å². The molecule has 0 aromatic heterocycles. The largest absolute Gasteiger partial charge is 2.00 e. The Labute approximate surface area is 226 Å². The third-order valence-electron chi connectivity index (χ3n) is 5.09. The number of rotatable bonds is 18. The fourth-order valence-corrected chi connectivity index (χ4v) is 8.95. The molecule has 0 aliphatic rings. The van der Waals surface area contributed by atoms with Crippen molar-refractivity contribution in [2.24, 2.45) is 0 Å². The van der Waals surface area contributed by atoms with E-state index in [4.69, 9.17) is 26.6 Å². The van der Waals surface area contributed by atoms with Gasteiger partial charge in [0.2, 0.25) is 0 Å². The summed E-state index contributed by atoms with van der Waals surface area (Å²) in [4.78, 5) is 0. The maximum Gasteiger partial charge on any atom is 2.00 e. The first-order valence-corrected chi connectivity index (χ1v) is 16.6. The molecule has 0 bridgehead atoms. The number of hydrogen-bond donors (Lipinski definition) is 0. The van der Waals surface area contributed by atoms with Crippen LogP contribution >= 0.6 is 0 Å². The predicted octanol–water partition coefficient (Wildman–Crippen LogP) is 5.99. The molecule has 2 aromatic rings. The van der Waals surface area contributed by atoms with Crippen LogP contribution < -0.4 is 0 Å². The monoisotopic (exact) mass is 566 g/mol. The van der Waals surface area contributed by atoms with Crippen molar-refractivity contribution in [3.05, 3.63) is 59.7 Å². The molecular weight excluding hydrogens is 520 g/mol. The molecule has 0 saturated heterocycles. The minimum absolute atomic E-state index is 0. The molecule has 2 rings (SSSR count). The first kappa shape index (κ1) is 34.4. The van der Waals surface area contributed by atoms with E-state index in [0.717, 1.165) is 24.9 Å². The molecule has 0 radical (unpaired) electrons. The summed E-state index contributed by atoms with van der Waals surface area (Å²) in [5, 5.41) is 0. The summed E-state index contributed by atoms with van der Waals surface area (Å²) in [7, 11) is -4.90. The van der Waals surface area contributed by atoms with Crippen LogP contribution in [0.2, 0.25) is 12.1 Å². The molecule has 0 unspecified atom stereocenters. The molecule has 0 amide bonds. The second-order valence-corrected chi connectivity index (χ2v) is 13.0. The molecular formula is C26H46FeO6Si2. The Morgan fingerprint density at radius 3 is 1.03 bits per heavy atom. The van der Waals surface area contributed by atoms with Gasteiger partial charge in [-0.3, -0.25) is 0 Å². The Bertz CT molecular complexity index is 602. The standard InChI is InChI=1S/2C13H23O3Si.Fe/c2*1-4-14-17(15-5-2,16-6-3)12-11-13-9-7-8-10-13;/h2*7-10H,4-6,11-12H2,1-3H3;/q2*-1;+2. The van der Waals surface area contributed by atoms with Gasteiger partial charge in [-0.2, -0.15) is 35.4 Å². The van der Waals surface area contributed by atoms with Crippen LogP contribution in [0, 0.1) is 0 Å². The van der Waals surface area contributed by atoms with Crippen LogP contribution in [-0.2, 0) is 56.5 Å². The topological polar surface area (TPSA) is 55.4 Å². The maximum atomic E-state index is 5.80. The number of hydrogen-bond acceptors (Lipinski definition) is 6. The van der Waals surface area contributed by atoms with Gasteiger partial charge in [-0.1, -0.05) is 0 Å². The summed E-state index contributed by atoms with van der Waals surface area (Å²) in [5.41, 5.74) is 2.64. The zero-order valence-electron chi connectivity index (χ0n) is 22.5. The number of aryl methyl sites for hydroxylation is 2. The van der Waals surface area contributed by atoms with E-state index in [2.05, 4.69) is 48.5 Å². The van der Waals surface area contributed by atoms with Gasteiger partial charge in [-0.15, -0.1) is 0 Å². The summed E-state index contributed by atoms with van der Waals surface area (Å²) < 4.78 is 34.8. The van der Waals surface area contributed by atoms with E-state index >= 15 is 0 Å². The van der Waals surface area contributed by atoms with Gasteiger partial charge in [-0.05, 0) is 54.4 Å². The van der Waals surface area contributed by atoms with Crippen LogP contribution in [0.25, 0.3) is 0 Å². The van der Waals surface area contributed by atoms with Gasteiger partial charge in [0.05, 0.1) is 0 Å². The SMILES string of the molecule is CCO[Si](CCc1ccc[cH-]1)(OCC)OCC.CCO[Si](CCc1ccc[cH-]1)(OCC)OCC.[Fe+2]. The van der Waals surface area contributed by atoms with Gasteiger partial charge in [0.25, 0.3) is 0 Å². The van der Waals surface area contributed by atoms with Crippen molar-refractivity contribution in [1.82, 2.24) is 0 Å². The van der Waals surface area contributed by atoms with Crippen LogP contribution in [0.15, 0.2) is 48.5 Å². The Morgan fingerprint density at radius 1 is 0.543 bits per heavy atom. The molecule has 0 fully saturated rings. The molecule has 0 N–H and O–H groups in total. The summed E-state index contributed by atoms with van der Waals surface area (Å²) in [5.74, 6) is 0. The first-order valence-electron chi connectivity index (χ1n) is 12.8. The normalized spacial score (nSPS) is 11.6. The van der Waals surface area contributed by atoms with Crippen molar-refractivity contribution in [3.63, 3.8) is 0 Å². The Kier molecular flexibility index (Phi) is 20.1. The smallest absolute Gasteiger partial charge is 0.374 e. The van der Waals surface area contributed by atoms with Crippen molar-refractivity contribution in [2.75, 3.05) is 39.6 Å². The molecule has 0 aliphatic heterocycles. The van der Waals surface area contributed by atoms with E-state index in [1.807, 2.05) is 41.5 Å². The summed E-state index contributed by atoms with van der Waals surface area (Å²) in [6.45, 7) is 15.8. The maximum absolute atomic E-state index is 5.80. The van der Waals surface area contributed by atoms with Crippen molar-refractivity contribution >= 4 is 17.6 Å². The second kappa shape index (κ2) is 20.5. The van der Waals surface area contributed by atoms with Crippen LogP contribution in [0.4, 0.5) is 0 Å². The molecule has 0 heterocycles. The first-order chi connectivity index (χ1) is 16.5. The van der Waals surface area contributed by atoms with Crippen molar-refractivity contribution in [1.29, 1.82) is 0 Å². The molecule has 0 atom stereocenters. The van der Waals surface area contributed by atoms with Crippen molar-refractivity contribution in [3.8, 4) is 0 Å². The fraction of sp³-hybridized carbons (Fsp3) is 0.615. The minimum atomic E-state index is -2.45. The Morgan fingerprint density at radius 2 is 0.829 bits per heavy atom. The third-order valence-corrected chi connectivity index (χ3v) is 11.2. The molecule has 6 nitrogen and oxygen atoms in total. The van der Waals surface area contributed by atoms with Crippen LogP contribution in [0.3, 0.4) is 0 Å². The van der Waals surface area contributed by atoms with Gasteiger partial charge in [0.15, 0.2) is 0 Å². The average Bonchev–Trinajstić information content (AvgIpc) is 3.52. The van der Waals surface area contributed by atoms with E-state index in [0.29, 0.717) is 39.6 Å². The molecule has 202 valence electrons. The van der Waals surface area contributed by atoms with E-state index in [9.17, 15) is 0 Å². The van der Waals surface area contributed by atoms with Gasteiger partial charge < -0.3 is 26.6 Å². The van der Waals surface area contributed by atoms with Crippen LogP contribution in [0.5, 0.6) is 0 Å². The van der Waals surface area contributed by atoms with Gasteiger partial charge in [-0.25, -0.2) is 24.3 Å². The molecule has 2 aromatic carbocycles. The molecule has 0 spiro atoms.